The number of thioether (sulfide) groups is 1. The number of hydrogen-bond donors (Lipinski definition) is 2. The van der Waals surface area contributed by atoms with Crippen LogP contribution in [0.3, 0.4) is 0 Å². The fourth-order valence-electron chi connectivity index (χ4n) is 8.66. The van der Waals surface area contributed by atoms with Crippen LogP contribution in [0.4, 0.5) is 11.4 Å². The number of aromatic nitrogens is 1. The minimum absolute atomic E-state index is 0.0386. The van der Waals surface area contributed by atoms with E-state index in [1.165, 1.54) is 16.2 Å². The number of carbonyl (C=O) groups is 3. The molecular formula is C37H29N3O5S2. The second-order valence-electron chi connectivity index (χ2n) is 12.7. The second kappa shape index (κ2) is 11.0. The highest BCUT2D eigenvalue weighted by Gasteiger charge is 2.69. The van der Waals surface area contributed by atoms with Gasteiger partial charge in [-0.25, -0.2) is 0 Å². The maximum Gasteiger partial charge on any atom is 0.305 e. The number of nitrogens with one attached hydrogen (secondary N) is 2. The van der Waals surface area contributed by atoms with E-state index in [4.69, 9.17) is 4.74 Å². The Hall–Kier alpha value is -4.67. The van der Waals surface area contributed by atoms with E-state index in [2.05, 4.69) is 10.3 Å². The number of ether oxygens (including phenoxy) is 1. The standard InChI is InChI=1S/C37H29N3O5S2/c41-27(38-26-12-6-8-19-7-4-5-11-23(19)26)18-45-22-15-13-20(14-16-22)28-29-24-17-25(32(29)46-34-33(28)47-37(44)39-34)31-30(24)35(42)40(36(31)43)21-9-2-1-3-10-21/h1-16,24-25,28-32H,17-18H2,(H,38,41)(H,39,44)/t24?,25?,28-,29?,30?,31?,32?/m1/s1. The van der Waals surface area contributed by atoms with Crippen molar-refractivity contribution in [2.24, 2.45) is 29.6 Å². The van der Waals surface area contributed by atoms with E-state index >= 15 is 0 Å². The fourth-order valence-corrected chi connectivity index (χ4v) is 11.6. The van der Waals surface area contributed by atoms with Gasteiger partial charge in [0.15, 0.2) is 6.61 Å². The van der Waals surface area contributed by atoms with Crippen molar-refractivity contribution in [1.29, 1.82) is 0 Å². The second-order valence-corrected chi connectivity index (χ2v) is 14.9. The summed E-state index contributed by atoms with van der Waals surface area (Å²) in [5.41, 5.74) is 2.40. The average molecular weight is 660 g/mol. The fraction of sp³-hybridized carbons (Fsp3) is 0.243. The van der Waals surface area contributed by atoms with E-state index < -0.39 is 0 Å². The summed E-state index contributed by atoms with van der Waals surface area (Å²) in [6.45, 7) is -0.141. The Bertz CT molecular complexity index is 2120. The number of imide groups is 1. The molecule has 3 amide bonds. The van der Waals surface area contributed by atoms with Gasteiger partial charge in [-0.3, -0.25) is 24.1 Å². The van der Waals surface area contributed by atoms with Crippen LogP contribution in [0.25, 0.3) is 10.8 Å². The van der Waals surface area contributed by atoms with Crippen LogP contribution >= 0.6 is 23.1 Å². The molecule has 7 atom stereocenters. The molecule has 234 valence electrons. The first-order valence-corrected chi connectivity index (χ1v) is 17.5. The molecule has 2 bridgehead atoms. The molecule has 4 aromatic carbocycles. The van der Waals surface area contributed by atoms with Gasteiger partial charge < -0.3 is 15.0 Å². The van der Waals surface area contributed by atoms with E-state index in [1.807, 2.05) is 97.1 Å². The summed E-state index contributed by atoms with van der Waals surface area (Å²) in [4.78, 5) is 58.5. The molecule has 4 aliphatic rings. The average Bonchev–Trinajstić information content (AvgIpc) is 3.83. The quantitative estimate of drug-likeness (QED) is 0.208. The van der Waals surface area contributed by atoms with Crippen LogP contribution in [-0.4, -0.2) is 34.6 Å². The van der Waals surface area contributed by atoms with Gasteiger partial charge in [-0.1, -0.05) is 78.1 Å². The predicted molar refractivity (Wildman–Crippen MR) is 182 cm³/mol. The Labute approximate surface area is 278 Å². The van der Waals surface area contributed by atoms with Crippen LogP contribution in [-0.2, 0) is 14.4 Å². The maximum absolute atomic E-state index is 13.9. The molecule has 2 saturated carbocycles. The van der Waals surface area contributed by atoms with Crippen LogP contribution in [0.1, 0.15) is 22.8 Å². The number of carbonyl (C=O) groups excluding carboxylic acids is 3. The number of nitrogens with zero attached hydrogens (tertiary/aromatic N) is 1. The number of para-hydroxylation sites is 1. The molecule has 3 heterocycles. The summed E-state index contributed by atoms with van der Waals surface area (Å²) >= 11 is 2.91. The Kier molecular flexibility index (Phi) is 6.65. The molecule has 9 rings (SSSR count). The van der Waals surface area contributed by atoms with Crippen molar-refractivity contribution < 1.29 is 19.1 Å². The van der Waals surface area contributed by atoms with Crippen molar-refractivity contribution >= 4 is 63.0 Å². The Balaban J connectivity index is 0.968. The van der Waals surface area contributed by atoms with Crippen LogP contribution in [0.2, 0.25) is 0 Å². The molecule has 47 heavy (non-hydrogen) atoms. The van der Waals surface area contributed by atoms with Crippen molar-refractivity contribution in [3.8, 4) is 5.75 Å². The van der Waals surface area contributed by atoms with Crippen LogP contribution in [0, 0.1) is 29.6 Å². The lowest BCUT2D eigenvalue weighted by molar-refractivity contribution is -0.123. The van der Waals surface area contributed by atoms with Gasteiger partial charge >= 0.3 is 4.87 Å². The smallest absolute Gasteiger partial charge is 0.305 e. The molecule has 8 nitrogen and oxygen atoms in total. The summed E-state index contributed by atoms with van der Waals surface area (Å²) < 4.78 is 5.88. The van der Waals surface area contributed by atoms with E-state index in [1.54, 1.807) is 11.8 Å². The number of thiazole rings is 1. The van der Waals surface area contributed by atoms with Crippen molar-refractivity contribution in [1.82, 2.24) is 4.98 Å². The van der Waals surface area contributed by atoms with Crippen molar-refractivity contribution in [2.75, 3.05) is 16.8 Å². The molecule has 6 unspecified atom stereocenters. The molecule has 0 radical (unpaired) electrons. The molecule has 2 aliphatic heterocycles. The maximum atomic E-state index is 13.9. The summed E-state index contributed by atoms with van der Waals surface area (Å²) in [6, 6.07) is 30.6. The first-order chi connectivity index (χ1) is 23.0. The van der Waals surface area contributed by atoms with E-state index in [0.29, 0.717) is 11.4 Å². The lowest BCUT2D eigenvalue weighted by Crippen LogP contribution is -2.42. The zero-order valence-corrected chi connectivity index (χ0v) is 26.6. The van der Waals surface area contributed by atoms with Gasteiger partial charge in [-0.2, -0.15) is 0 Å². The van der Waals surface area contributed by atoms with Crippen LogP contribution in [0.15, 0.2) is 107 Å². The largest absolute Gasteiger partial charge is 0.484 e. The molecular weight excluding hydrogens is 631 g/mol. The molecule has 10 heteroatoms. The van der Waals surface area contributed by atoms with Gasteiger partial charge in [-0.05, 0) is 65.5 Å². The molecule has 1 saturated heterocycles. The number of amides is 3. The number of H-pyrrole nitrogens is 1. The molecule has 5 aromatic rings. The van der Waals surface area contributed by atoms with E-state index in [0.717, 1.165) is 38.3 Å². The SMILES string of the molecule is O=C(COc1ccc([C@H]2c3sc(=O)[nH]c3SC3C4CC(C5C(=O)N(c6ccccc6)C(=O)C45)C32)cc1)Nc1cccc2ccccc12. The van der Waals surface area contributed by atoms with Gasteiger partial charge in [0.1, 0.15) is 5.75 Å². The highest BCUT2D eigenvalue weighted by Crippen LogP contribution is 2.68. The molecule has 1 aromatic heterocycles. The zero-order valence-electron chi connectivity index (χ0n) is 25.0. The van der Waals surface area contributed by atoms with E-state index in [-0.39, 0.29) is 70.0 Å². The third-order valence-corrected chi connectivity index (χ3v) is 13.0. The normalized spacial score (nSPS) is 27.1. The summed E-state index contributed by atoms with van der Waals surface area (Å²) in [5.74, 6) is -0.440. The number of aromatic amines is 1. The third kappa shape index (κ3) is 4.49. The molecule has 2 aliphatic carbocycles. The Morgan fingerprint density at radius 1 is 0.851 bits per heavy atom. The summed E-state index contributed by atoms with van der Waals surface area (Å²) in [7, 11) is 0. The molecule has 3 fully saturated rings. The van der Waals surface area contributed by atoms with E-state index in [9.17, 15) is 19.2 Å². The number of hydrogen-bond acceptors (Lipinski definition) is 7. The van der Waals surface area contributed by atoms with Gasteiger partial charge in [-0.15, -0.1) is 11.8 Å². The minimum atomic E-state index is -0.350. The van der Waals surface area contributed by atoms with Crippen LogP contribution in [0.5, 0.6) is 5.75 Å². The summed E-state index contributed by atoms with van der Waals surface area (Å²) in [6.07, 6.45) is 0.834. The first kappa shape index (κ1) is 28.5. The number of fused-ring (bicyclic) bond motifs is 10. The van der Waals surface area contributed by atoms with Crippen molar-refractivity contribution in [2.45, 2.75) is 22.6 Å². The zero-order chi connectivity index (χ0) is 31.8. The lowest BCUT2D eigenvalue weighted by Gasteiger charge is -2.43. The highest BCUT2D eigenvalue weighted by atomic mass is 32.2. The number of anilines is 2. The number of benzene rings is 4. The Morgan fingerprint density at radius 3 is 2.38 bits per heavy atom. The topological polar surface area (TPSA) is 109 Å². The van der Waals surface area contributed by atoms with Gasteiger partial charge in [0, 0.05) is 27.1 Å². The van der Waals surface area contributed by atoms with Crippen molar-refractivity contribution in [3.63, 3.8) is 0 Å². The monoisotopic (exact) mass is 659 g/mol. The molecule has 2 N–H and O–H groups in total. The van der Waals surface area contributed by atoms with Crippen molar-refractivity contribution in [3.05, 3.63) is 117 Å². The number of rotatable bonds is 6. The highest BCUT2D eigenvalue weighted by molar-refractivity contribution is 8.00. The first-order valence-electron chi connectivity index (χ1n) is 15.8. The van der Waals surface area contributed by atoms with Gasteiger partial charge in [0.25, 0.3) is 5.91 Å². The third-order valence-electron chi connectivity index (χ3n) is 10.4. The predicted octanol–water partition coefficient (Wildman–Crippen LogP) is 6.29. The summed E-state index contributed by atoms with van der Waals surface area (Å²) in [5, 5.41) is 5.96. The minimum Gasteiger partial charge on any atom is -0.484 e. The van der Waals surface area contributed by atoms with Crippen LogP contribution < -0.4 is 19.8 Å². The van der Waals surface area contributed by atoms with Gasteiger partial charge in [0.05, 0.1) is 22.5 Å². The molecule has 0 spiro atoms. The lowest BCUT2D eigenvalue weighted by atomic mass is 9.68. The van der Waals surface area contributed by atoms with Gasteiger partial charge in [0.2, 0.25) is 11.8 Å². The Morgan fingerprint density at radius 2 is 1.57 bits per heavy atom.